The molecule has 2 aromatic rings. The fraction of sp³-hybridized carbons (Fsp3) is 0.250. The highest BCUT2D eigenvalue weighted by Crippen LogP contribution is 2.19. The fourth-order valence-electron chi connectivity index (χ4n) is 1.54. The number of ether oxygens (including phenoxy) is 1. The van der Waals surface area contributed by atoms with E-state index >= 15 is 0 Å². The zero-order valence-electron chi connectivity index (χ0n) is 9.26. The van der Waals surface area contributed by atoms with Crippen molar-refractivity contribution in [3.8, 4) is 11.4 Å². The van der Waals surface area contributed by atoms with Gasteiger partial charge in [-0.3, -0.25) is 0 Å². The number of hydrogen-bond donors (Lipinski definition) is 1. The van der Waals surface area contributed by atoms with Crippen LogP contribution in [-0.4, -0.2) is 16.2 Å². The Bertz CT molecular complexity index is 465. The Morgan fingerprint density at radius 3 is 3.06 bits per heavy atom. The van der Waals surface area contributed by atoms with E-state index in [4.69, 9.17) is 10.5 Å². The van der Waals surface area contributed by atoms with Gasteiger partial charge in [-0.1, -0.05) is 12.1 Å². The van der Waals surface area contributed by atoms with Gasteiger partial charge in [0.15, 0.2) is 0 Å². The van der Waals surface area contributed by atoms with Gasteiger partial charge in [0.1, 0.15) is 12.6 Å². The van der Waals surface area contributed by atoms with E-state index in [1.165, 1.54) is 0 Å². The Kier molecular flexibility index (Phi) is 3.22. The molecule has 1 heterocycles. The third-order valence-electron chi connectivity index (χ3n) is 2.29. The molecule has 16 heavy (non-hydrogen) atoms. The van der Waals surface area contributed by atoms with Crippen LogP contribution in [-0.2, 0) is 11.5 Å². The highest BCUT2D eigenvalue weighted by atomic mass is 16.5. The molecule has 0 amide bonds. The second kappa shape index (κ2) is 4.81. The molecule has 0 saturated heterocycles. The number of anilines is 1. The molecule has 0 spiro atoms. The number of nitrogen functional groups attached to an aromatic ring is 1. The fourth-order valence-corrected chi connectivity index (χ4v) is 1.54. The first-order valence-corrected chi connectivity index (χ1v) is 5.26. The van der Waals surface area contributed by atoms with Crippen molar-refractivity contribution < 1.29 is 4.74 Å². The highest BCUT2D eigenvalue weighted by molar-refractivity contribution is 5.61. The molecule has 0 unspecified atom stereocenters. The van der Waals surface area contributed by atoms with Crippen molar-refractivity contribution in [3.05, 3.63) is 36.7 Å². The quantitative estimate of drug-likeness (QED) is 0.798. The molecule has 0 bridgehead atoms. The zero-order chi connectivity index (χ0) is 11.4. The summed E-state index contributed by atoms with van der Waals surface area (Å²) in [6, 6.07) is 7.68. The second-order valence-electron chi connectivity index (χ2n) is 3.47. The van der Waals surface area contributed by atoms with Crippen LogP contribution in [0.3, 0.4) is 0 Å². The van der Waals surface area contributed by atoms with Gasteiger partial charge < -0.3 is 15.0 Å². The minimum absolute atomic E-state index is 0.515. The SMILES string of the molecule is CCOCn1ccnc1-c1cccc(N)c1. The maximum Gasteiger partial charge on any atom is 0.141 e. The van der Waals surface area contributed by atoms with Gasteiger partial charge in [0.25, 0.3) is 0 Å². The largest absolute Gasteiger partial charge is 0.399 e. The van der Waals surface area contributed by atoms with E-state index in [0.29, 0.717) is 13.3 Å². The third kappa shape index (κ3) is 2.23. The highest BCUT2D eigenvalue weighted by Gasteiger charge is 2.05. The van der Waals surface area contributed by atoms with Crippen LogP contribution in [0.15, 0.2) is 36.7 Å². The first-order chi connectivity index (χ1) is 7.81. The minimum Gasteiger partial charge on any atom is -0.399 e. The van der Waals surface area contributed by atoms with Crippen molar-refractivity contribution >= 4 is 5.69 Å². The van der Waals surface area contributed by atoms with E-state index in [1.54, 1.807) is 6.20 Å². The standard InChI is InChI=1S/C12H15N3O/c1-2-16-9-15-7-6-14-12(15)10-4-3-5-11(13)8-10/h3-8H,2,9,13H2,1H3. The lowest BCUT2D eigenvalue weighted by Crippen LogP contribution is -2.03. The zero-order valence-corrected chi connectivity index (χ0v) is 9.26. The van der Waals surface area contributed by atoms with Crippen molar-refractivity contribution in [3.63, 3.8) is 0 Å². The van der Waals surface area contributed by atoms with Crippen LogP contribution in [0.4, 0.5) is 5.69 Å². The third-order valence-corrected chi connectivity index (χ3v) is 2.29. The van der Waals surface area contributed by atoms with E-state index in [0.717, 1.165) is 17.1 Å². The number of benzene rings is 1. The molecule has 1 aromatic heterocycles. The molecule has 0 aliphatic carbocycles. The average Bonchev–Trinajstić information content (AvgIpc) is 2.74. The lowest BCUT2D eigenvalue weighted by molar-refractivity contribution is 0.0889. The topological polar surface area (TPSA) is 53.1 Å². The van der Waals surface area contributed by atoms with Gasteiger partial charge in [-0.25, -0.2) is 4.98 Å². The van der Waals surface area contributed by atoms with E-state index < -0.39 is 0 Å². The van der Waals surface area contributed by atoms with Gasteiger partial charge in [0.2, 0.25) is 0 Å². The molecule has 4 nitrogen and oxygen atoms in total. The number of aromatic nitrogens is 2. The summed E-state index contributed by atoms with van der Waals surface area (Å²) in [5.41, 5.74) is 7.49. The molecule has 0 aliphatic rings. The van der Waals surface area contributed by atoms with Gasteiger partial charge in [-0.15, -0.1) is 0 Å². The lowest BCUT2D eigenvalue weighted by atomic mass is 10.2. The predicted molar refractivity (Wildman–Crippen MR) is 63.7 cm³/mol. The molecular weight excluding hydrogens is 202 g/mol. The smallest absolute Gasteiger partial charge is 0.141 e. The molecule has 0 aliphatic heterocycles. The van der Waals surface area contributed by atoms with Crippen LogP contribution < -0.4 is 5.73 Å². The van der Waals surface area contributed by atoms with Gasteiger partial charge in [-0.2, -0.15) is 0 Å². The van der Waals surface area contributed by atoms with Crippen LogP contribution >= 0.6 is 0 Å². The molecule has 2 rings (SSSR count). The van der Waals surface area contributed by atoms with Gasteiger partial charge in [0, 0.05) is 30.3 Å². The Balaban J connectivity index is 2.29. The number of imidazole rings is 1. The molecule has 1 aromatic carbocycles. The van der Waals surface area contributed by atoms with Crippen molar-refractivity contribution in [2.75, 3.05) is 12.3 Å². The van der Waals surface area contributed by atoms with Gasteiger partial charge >= 0.3 is 0 Å². The molecule has 4 heteroatoms. The van der Waals surface area contributed by atoms with Crippen molar-refractivity contribution in [1.82, 2.24) is 9.55 Å². The van der Waals surface area contributed by atoms with Crippen LogP contribution in [0.25, 0.3) is 11.4 Å². The predicted octanol–water partition coefficient (Wildman–Crippen LogP) is 2.13. The molecule has 0 atom stereocenters. The van der Waals surface area contributed by atoms with Crippen LogP contribution in [0.1, 0.15) is 6.92 Å². The maximum atomic E-state index is 5.75. The maximum absolute atomic E-state index is 5.75. The first kappa shape index (κ1) is 10.7. The van der Waals surface area contributed by atoms with Crippen LogP contribution in [0.2, 0.25) is 0 Å². The van der Waals surface area contributed by atoms with E-state index in [9.17, 15) is 0 Å². The molecular formula is C12H15N3O. The Labute approximate surface area is 94.7 Å². The number of nitrogens with zero attached hydrogens (tertiary/aromatic N) is 2. The van der Waals surface area contributed by atoms with Crippen LogP contribution in [0.5, 0.6) is 0 Å². The Morgan fingerprint density at radius 1 is 1.44 bits per heavy atom. The summed E-state index contributed by atoms with van der Waals surface area (Å²) >= 11 is 0. The Hall–Kier alpha value is -1.81. The number of nitrogens with two attached hydrogens (primary N) is 1. The molecule has 0 radical (unpaired) electrons. The van der Waals surface area contributed by atoms with Crippen molar-refractivity contribution in [2.24, 2.45) is 0 Å². The minimum atomic E-state index is 0.515. The summed E-state index contributed by atoms with van der Waals surface area (Å²) in [6.07, 6.45) is 3.66. The number of hydrogen-bond acceptors (Lipinski definition) is 3. The summed E-state index contributed by atoms with van der Waals surface area (Å²) < 4.78 is 7.32. The average molecular weight is 217 g/mol. The summed E-state index contributed by atoms with van der Waals surface area (Å²) in [7, 11) is 0. The summed E-state index contributed by atoms with van der Waals surface area (Å²) in [4.78, 5) is 4.31. The van der Waals surface area contributed by atoms with Crippen LogP contribution in [0, 0.1) is 0 Å². The first-order valence-electron chi connectivity index (χ1n) is 5.26. The normalized spacial score (nSPS) is 10.6. The van der Waals surface area contributed by atoms with Gasteiger partial charge in [-0.05, 0) is 19.1 Å². The molecule has 84 valence electrons. The van der Waals surface area contributed by atoms with Gasteiger partial charge in [0.05, 0.1) is 0 Å². The number of rotatable bonds is 4. The van der Waals surface area contributed by atoms with E-state index in [-0.39, 0.29) is 0 Å². The second-order valence-corrected chi connectivity index (χ2v) is 3.47. The molecule has 0 fully saturated rings. The van der Waals surface area contributed by atoms with E-state index in [1.807, 2.05) is 42.0 Å². The monoisotopic (exact) mass is 217 g/mol. The van der Waals surface area contributed by atoms with Crippen molar-refractivity contribution in [1.29, 1.82) is 0 Å². The summed E-state index contributed by atoms with van der Waals surface area (Å²) in [6.45, 7) is 3.17. The summed E-state index contributed by atoms with van der Waals surface area (Å²) in [5.74, 6) is 0.876. The summed E-state index contributed by atoms with van der Waals surface area (Å²) in [5, 5.41) is 0. The molecule has 0 saturated carbocycles. The van der Waals surface area contributed by atoms with Crippen molar-refractivity contribution in [2.45, 2.75) is 13.7 Å². The lowest BCUT2D eigenvalue weighted by Gasteiger charge is -2.07. The Morgan fingerprint density at radius 2 is 2.31 bits per heavy atom. The molecule has 2 N–H and O–H groups in total. The van der Waals surface area contributed by atoms with E-state index in [2.05, 4.69) is 4.98 Å².